The van der Waals surface area contributed by atoms with Gasteiger partial charge in [-0.15, -0.1) is 0 Å². The van der Waals surface area contributed by atoms with Gasteiger partial charge in [-0.05, 0) is 43.7 Å². The van der Waals surface area contributed by atoms with Crippen LogP contribution in [0.4, 0.5) is 0 Å². The summed E-state index contributed by atoms with van der Waals surface area (Å²) in [5, 5.41) is 7.65. The molecule has 3 rings (SSSR count). The Morgan fingerprint density at radius 3 is 2.20 bits per heavy atom. The lowest BCUT2D eigenvalue weighted by molar-refractivity contribution is 0.0939. The summed E-state index contributed by atoms with van der Waals surface area (Å²) >= 11 is 6.51. The lowest BCUT2D eigenvalue weighted by atomic mass is 10.1. The van der Waals surface area contributed by atoms with Crippen LogP contribution in [0.2, 0.25) is 5.15 Å². The van der Waals surface area contributed by atoms with E-state index in [2.05, 4.69) is 10.4 Å². The molecule has 7 nitrogen and oxygen atoms in total. The van der Waals surface area contributed by atoms with Crippen molar-refractivity contribution in [2.45, 2.75) is 19.9 Å². The van der Waals surface area contributed by atoms with E-state index in [9.17, 15) is 4.79 Å². The zero-order chi connectivity index (χ0) is 21.8. The van der Waals surface area contributed by atoms with Gasteiger partial charge in [0.2, 0.25) is 5.75 Å². The summed E-state index contributed by atoms with van der Waals surface area (Å²) in [6.07, 6.45) is 0. The number of aromatic nitrogens is 2. The van der Waals surface area contributed by atoms with Crippen LogP contribution in [-0.2, 0) is 0 Å². The predicted octanol–water partition coefficient (Wildman–Crippen LogP) is 4.35. The lowest BCUT2D eigenvalue weighted by Crippen LogP contribution is -2.27. The fourth-order valence-corrected chi connectivity index (χ4v) is 3.56. The average molecular weight is 430 g/mol. The maximum absolute atomic E-state index is 13.0. The first-order valence-electron chi connectivity index (χ1n) is 9.32. The molecule has 0 radical (unpaired) electrons. The van der Waals surface area contributed by atoms with Crippen LogP contribution in [0.1, 0.15) is 34.6 Å². The summed E-state index contributed by atoms with van der Waals surface area (Å²) < 4.78 is 17.7. The second-order valence-electron chi connectivity index (χ2n) is 6.65. The topological polar surface area (TPSA) is 74.6 Å². The summed E-state index contributed by atoms with van der Waals surface area (Å²) in [4.78, 5) is 13.0. The predicted molar refractivity (Wildman–Crippen MR) is 115 cm³/mol. The summed E-state index contributed by atoms with van der Waals surface area (Å²) in [6.45, 7) is 3.62. The number of hydrogen-bond acceptors (Lipinski definition) is 5. The third-order valence-corrected chi connectivity index (χ3v) is 5.12. The van der Waals surface area contributed by atoms with Crippen LogP contribution in [-0.4, -0.2) is 37.0 Å². The molecule has 0 saturated heterocycles. The smallest absolute Gasteiger partial charge is 0.256 e. The number of methoxy groups -OCH3 is 3. The number of benzene rings is 2. The number of hydrogen-bond donors (Lipinski definition) is 1. The fourth-order valence-electron chi connectivity index (χ4n) is 3.20. The van der Waals surface area contributed by atoms with Gasteiger partial charge >= 0.3 is 0 Å². The first kappa shape index (κ1) is 21.5. The van der Waals surface area contributed by atoms with Gasteiger partial charge in [-0.3, -0.25) is 4.79 Å². The van der Waals surface area contributed by atoms with E-state index in [-0.39, 0.29) is 17.1 Å². The minimum atomic E-state index is -0.346. The number of aryl methyl sites for hydroxylation is 1. The third kappa shape index (κ3) is 4.07. The fraction of sp³-hybridized carbons (Fsp3) is 0.273. The lowest BCUT2D eigenvalue weighted by Gasteiger charge is -2.19. The maximum atomic E-state index is 13.0. The molecule has 0 aliphatic rings. The molecule has 0 spiro atoms. The number of carbonyl (C=O) groups is 1. The van der Waals surface area contributed by atoms with Crippen LogP contribution in [0, 0.1) is 6.92 Å². The Labute approximate surface area is 180 Å². The summed E-state index contributed by atoms with van der Waals surface area (Å²) in [6, 6.07) is 12.7. The Balaban J connectivity index is 1.89. The van der Waals surface area contributed by atoms with Gasteiger partial charge < -0.3 is 19.5 Å². The molecule has 0 unspecified atom stereocenters. The van der Waals surface area contributed by atoms with E-state index in [0.717, 1.165) is 11.3 Å². The standard InChI is InChI=1S/C22H24ClN3O4/c1-13(15-11-17(28-3)20(30-5)18(12-15)29-4)24-22(27)19-14(2)25-26(21(19)23)16-9-7-6-8-10-16/h6-13H,1-5H3,(H,24,27)/t13-/m1/s1. The number of rotatable bonds is 7. The highest BCUT2D eigenvalue weighted by Gasteiger charge is 2.24. The zero-order valence-electron chi connectivity index (χ0n) is 17.5. The molecule has 0 bridgehead atoms. The van der Waals surface area contributed by atoms with E-state index in [1.165, 1.54) is 0 Å². The molecule has 1 amide bonds. The van der Waals surface area contributed by atoms with E-state index in [0.29, 0.717) is 28.5 Å². The van der Waals surface area contributed by atoms with Crippen molar-refractivity contribution >= 4 is 17.5 Å². The second kappa shape index (κ2) is 9.09. The van der Waals surface area contributed by atoms with E-state index < -0.39 is 0 Å². The van der Waals surface area contributed by atoms with Crippen LogP contribution < -0.4 is 19.5 Å². The van der Waals surface area contributed by atoms with E-state index in [1.807, 2.05) is 37.3 Å². The van der Waals surface area contributed by atoms with Crippen LogP contribution in [0.25, 0.3) is 5.69 Å². The number of nitrogens with one attached hydrogen (secondary N) is 1. The van der Waals surface area contributed by atoms with Gasteiger partial charge in [0.25, 0.3) is 5.91 Å². The molecular weight excluding hydrogens is 406 g/mol. The van der Waals surface area contributed by atoms with E-state index in [4.69, 9.17) is 25.8 Å². The van der Waals surface area contributed by atoms with Crippen molar-refractivity contribution in [2.75, 3.05) is 21.3 Å². The Morgan fingerprint density at radius 1 is 1.07 bits per heavy atom. The normalized spacial score (nSPS) is 11.7. The monoisotopic (exact) mass is 429 g/mol. The summed E-state index contributed by atoms with van der Waals surface area (Å²) in [7, 11) is 4.64. The number of amides is 1. The molecule has 1 aromatic heterocycles. The zero-order valence-corrected chi connectivity index (χ0v) is 18.3. The molecule has 0 aliphatic heterocycles. The Kier molecular flexibility index (Phi) is 6.52. The minimum Gasteiger partial charge on any atom is -0.493 e. The molecule has 0 saturated carbocycles. The van der Waals surface area contributed by atoms with Crippen molar-refractivity contribution in [3.63, 3.8) is 0 Å². The molecule has 3 aromatic rings. The highest BCUT2D eigenvalue weighted by Crippen LogP contribution is 2.39. The Hall–Kier alpha value is -3.19. The first-order chi connectivity index (χ1) is 14.4. The summed E-state index contributed by atoms with van der Waals surface area (Å²) in [5.41, 5.74) is 2.45. The molecule has 1 atom stereocenters. The van der Waals surface area contributed by atoms with Gasteiger partial charge in [-0.2, -0.15) is 5.10 Å². The van der Waals surface area contributed by atoms with Gasteiger partial charge in [-0.25, -0.2) is 4.68 Å². The Bertz CT molecular complexity index is 1030. The largest absolute Gasteiger partial charge is 0.493 e. The number of para-hydroxylation sites is 1. The molecular formula is C22H24ClN3O4. The Morgan fingerprint density at radius 2 is 1.67 bits per heavy atom. The van der Waals surface area contributed by atoms with Crippen molar-refractivity contribution in [3.8, 4) is 22.9 Å². The molecule has 1 heterocycles. The van der Waals surface area contributed by atoms with Crippen molar-refractivity contribution in [2.24, 2.45) is 0 Å². The number of nitrogens with zero attached hydrogens (tertiary/aromatic N) is 2. The average Bonchev–Trinajstić information content (AvgIpc) is 3.06. The molecule has 2 aromatic carbocycles. The number of carbonyl (C=O) groups excluding carboxylic acids is 1. The van der Waals surface area contributed by atoms with E-state index in [1.54, 1.807) is 45.1 Å². The van der Waals surface area contributed by atoms with E-state index >= 15 is 0 Å². The van der Waals surface area contributed by atoms with Gasteiger partial charge in [0.05, 0.1) is 44.3 Å². The van der Waals surface area contributed by atoms with Gasteiger partial charge in [0.15, 0.2) is 11.5 Å². The highest BCUT2D eigenvalue weighted by molar-refractivity contribution is 6.33. The van der Waals surface area contributed by atoms with Crippen LogP contribution in [0.5, 0.6) is 17.2 Å². The third-order valence-electron chi connectivity index (χ3n) is 4.77. The summed E-state index contributed by atoms with van der Waals surface area (Å²) in [5.74, 6) is 1.20. The van der Waals surface area contributed by atoms with Crippen molar-refractivity contribution in [1.29, 1.82) is 0 Å². The van der Waals surface area contributed by atoms with Gasteiger partial charge in [0, 0.05) is 0 Å². The molecule has 30 heavy (non-hydrogen) atoms. The molecule has 158 valence electrons. The second-order valence-corrected chi connectivity index (χ2v) is 7.01. The maximum Gasteiger partial charge on any atom is 0.256 e. The van der Waals surface area contributed by atoms with Crippen LogP contribution >= 0.6 is 11.6 Å². The number of halogens is 1. The van der Waals surface area contributed by atoms with Crippen LogP contribution in [0.15, 0.2) is 42.5 Å². The minimum absolute atomic E-state index is 0.258. The molecule has 8 heteroatoms. The molecule has 0 fully saturated rings. The SMILES string of the molecule is COc1cc([C@@H](C)NC(=O)c2c(C)nn(-c3ccccc3)c2Cl)cc(OC)c1OC. The number of ether oxygens (including phenoxy) is 3. The van der Waals surface area contributed by atoms with Gasteiger partial charge in [0.1, 0.15) is 5.15 Å². The highest BCUT2D eigenvalue weighted by atomic mass is 35.5. The first-order valence-corrected chi connectivity index (χ1v) is 9.70. The molecule has 1 N–H and O–H groups in total. The van der Waals surface area contributed by atoms with Crippen LogP contribution in [0.3, 0.4) is 0 Å². The quantitative estimate of drug-likeness (QED) is 0.604. The van der Waals surface area contributed by atoms with Gasteiger partial charge in [-0.1, -0.05) is 29.8 Å². The molecule has 0 aliphatic carbocycles. The van der Waals surface area contributed by atoms with Crippen molar-refractivity contribution in [1.82, 2.24) is 15.1 Å². The van der Waals surface area contributed by atoms with Crippen molar-refractivity contribution < 1.29 is 19.0 Å². The van der Waals surface area contributed by atoms with Crippen molar-refractivity contribution in [3.05, 3.63) is 64.4 Å².